The highest BCUT2D eigenvalue weighted by molar-refractivity contribution is 5.83. The minimum atomic E-state index is -0.0269. The van der Waals surface area contributed by atoms with Gasteiger partial charge in [0, 0.05) is 30.0 Å². The first kappa shape index (κ1) is 17.1. The predicted octanol–water partition coefficient (Wildman–Crippen LogP) is 4.50. The molecule has 0 radical (unpaired) electrons. The van der Waals surface area contributed by atoms with Gasteiger partial charge in [0.1, 0.15) is 0 Å². The van der Waals surface area contributed by atoms with E-state index in [0.29, 0.717) is 6.54 Å². The van der Waals surface area contributed by atoms with E-state index in [1.54, 1.807) is 29.2 Å². The van der Waals surface area contributed by atoms with Crippen molar-refractivity contribution >= 4 is 10.9 Å². The van der Waals surface area contributed by atoms with Crippen molar-refractivity contribution in [1.82, 2.24) is 19.7 Å². The molecule has 3 heterocycles. The Balaban J connectivity index is 1.55. The quantitative estimate of drug-likeness (QED) is 0.501. The fourth-order valence-electron chi connectivity index (χ4n) is 3.60. The van der Waals surface area contributed by atoms with E-state index in [-0.39, 0.29) is 5.56 Å². The number of hydrogen-bond donors (Lipinski definition) is 1. The largest absolute Gasteiger partial charge is 0.310 e. The van der Waals surface area contributed by atoms with Gasteiger partial charge in [0.2, 0.25) is 0 Å². The summed E-state index contributed by atoms with van der Waals surface area (Å²) < 4.78 is 1.76. The molecule has 0 bridgehead atoms. The number of nitrogens with one attached hydrogen (secondary N) is 1. The minimum absolute atomic E-state index is 0.0269. The van der Waals surface area contributed by atoms with Crippen molar-refractivity contribution < 1.29 is 0 Å². The fourth-order valence-corrected chi connectivity index (χ4v) is 3.60. The summed E-state index contributed by atoms with van der Waals surface area (Å²) >= 11 is 0. The Morgan fingerprint density at radius 2 is 1.69 bits per heavy atom. The number of rotatable bonds is 4. The molecule has 0 spiro atoms. The van der Waals surface area contributed by atoms with Gasteiger partial charge in [-0.15, -0.1) is 0 Å². The summed E-state index contributed by atoms with van der Waals surface area (Å²) in [5.74, 6) is 0. The lowest BCUT2D eigenvalue weighted by Crippen LogP contribution is -2.19. The number of benzene rings is 2. The van der Waals surface area contributed by atoms with Gasteiger partial charge in [-0.1, -0.05) is 36.4 Å². The van der Waals surface area contributed by atoms with E-state index in [9.17, 15) is 4.79 Å². The Kier molecular flexibility index (Phi) is 4.26. The van der Waals surface area contributed by atoms with Gasteiger partial charge in [-0.25, -0.2) is 0 Å². The van der Waals surface area contributed by atoms with Gasteiger partial charge in [0.25, 0.3) is 5.56 Å². The second-order valence-electron chi connectivity index (χ2n) is 6.95. The van der Waals surface area contributed by atoms with E-state index in [4.69, 9.17) is 0 Å². The highest BCUT2D eigenvalue weighted by Gasteiger charge is 2.08. The van der Waals surface area contributed by atoms with E-state index < -0.39 is 0 Å². The first-order valence-electron chi connectivity index (χ1n) is 9.40. The average molecular weight is 378 g/mol. The number of H-pyrrole nitrogens is 1. The molecule has 0 unspecified atom stereocenters. The van der Waals surface area contributed by atoms with Gasteiger partial charge >= 0.3 is 0 Å². The van der Waals surface area contributed by atoms with Crippen molar-refractivity contribution in [3.8, 4) is 22.3 Å². The molecule has 5 heteroatoms. The highest BCUT2D eigenvalue weighted by Crippen LogP contribution is 2.25. The maximum absolute atomic E-state index is 12.6. The van der Waals surface area contributed by atoms with Gasteiger partial charge in [-0.05, 0) is 52.1 Å². The van der Waals surface area contributed by atoms with Gasteiger partial charge in [-0.2, -0.15) is 5.10 Å². The molecule has 5 aromatic rings. The van der Waals surface area contributed by atoms with Crippen molar-refractivity contribution in [2.24, 2.45) is 0 Å². The van der Waals surface area contributed by atoms with Crippen LogP contribution >= 0.6 is 0 Å². The maximum atomic E-state index is 12.6. The van der Waals surface area contributed by atoms with Gasteiger partial charge in [0.05, 0.1) is 18.3 Å². The Labute approximate surface area is 167 Å². The van der Waals surface area contributed by atoms with Gasteiger partial charge < -0.3 is 4.57 Å². The van der Waals surface area contributed by atoms with Crippen molar-refractivity contribution in [2.75, 3.05) is 0 Å². The standard InChI is InChI=1S/C24H18N4O/c29-24-8-7-20(18-5-6-19-14-26-27-23(19)13-18)15-28(24)16-21-3-1-2-4-22(21)17-9-11-25-12-10-17/h1-15H,16H2,(H,26,27). The molecule has 5 nitrogen and oxygen atoms in total. The Hall–Kier alpha value is -3.99. The molecule has 0 fully saturated rings. The van der Waals surface area contributed by atoms with Crippen LogP contribution < -0.4 is 5.56 Å². The molecule has 0 saturated carbocycles. The van der Waals surface area contributed by atoms with E-state index in [0.717, 1.165) is 38.7 Å². The number of hydrogen-bond acceptors (Lipinski definition) is 3. The molecule has 0 saturated heterocycles. The molecule has 3 aromatic heterocycles. The molecular weight excluding hydrogens is 360 g/mol. The number of pyridine rings is 2. The first-order chi connectivity index (χ1) is 14.3. The number of aromatic nitrogens is 4. The Morgan fingerprint density at radius 3 is 2.59 bits per heavy atom. The molecule has 0 amide bonds. The molecule has 0 atom stereocenters. The third-order valence-electron chi connectivity index (χ3n) is 5.11. The van der Waals surface area contributed by atoms with E-state index in [2.05, 4.69) is 33.4 Å². The van der Waals surface area contributed by atoms with Crippen LogP contribution in [0.25, 0.3) is 33.2 Å². The molecule has 0 aliphatic rings. The summed E-state index contributed by atoms with van der Waals surface area (Å²) in [6.45, 7) is 0.497. The monoisotopic (exact) mass is 378 g/mol. The number of fused-ring (bicyclic) bond motifs is 1. The fraction of sp³-hybridized carbons (Fsp3) is 0.0417. The maximum Gasteiger partial charge on any atom is 0.250 e. The summed E-state index contributed by atoms with van der Waals surface area (Å²) in [4.78, 5) is 16.7. The molecule has 140 valence electrons. The Bertz CT molecular complexity index is 1350. The van der Waals surface area contributed by atoms with Gasteiger partial charge in [0.15, 0.2) is 0 Å². The van der Waals surface area contributed by atoms with Gasteiger partial charge in [-0.3, -0.25) is 14.9 Å². The van der Waals surface area contributed by atoms with Crippen molar-refractivity contribution in [1.29, 1.82) is 0 Å². The smallest absolute Gasteiger partial charge is 0.250 e. The topological polar surface area (TPSA) is 63.6 Å². The summed E-state index contributed by atoms with van der Waals surface area (Å²) in [5, 5.41) is 8.14. The average Bonchev–Trinajstić information content (AvgIpc) is 3.24. The zero-order valence-electron chi connectivity index (χ0n) is 15.6. The molecular formula is C24H18N4O. The van der Waals surface area contributed by atoms with Crippen LogP contribution in [0, 0.1) is 0 Å². The first-order valence-corrected chi connectivity index (χ1v) is 9.40. The minimum Gasteiger partial charge on any atom is -0.310 e. The molecule has 5 rings (SSSR count). The van der Waals surface area contributed by atoms with Crippen LogP contribution in [0.5, 0.6) is 0 Å². The Morgan fingerprint density at radius 1 is 0.862 bits per heavy atom. The van der Waals surface area contributed by atoms with Crippen LogP contribution in [0.15, 0.2) is 96.3 Å². The van der Waals surface area contributed by atoms with Crippen LogP contribution in [-0.2, 0) is 6.54 Å². The van der Waals surface area contributed by atoms with Crippen LogP contribution in [0.3, 0.4) is 0 Å². The summed E-state index contributed by atoms with van der Waals surface area (Å²) in [6, 6.07) is 21.7. The molecule has 0 aliphatic carbocycles. The molecule has 29 heavy (non-hydrogen) atoms. The third kappa shape index (κ3) is 3.34. The van der Waals surface area contributed by atoms with Crippen molar-refractivity contribution in [2.45, 2.75) is 6.54 Å². The SMILES string of the molecule is O=c1ccc(-c2ccc3cn[nH]c3c2)cn1Cc1ccccc1-c1ccncc1. The lowest BCUT2D eigenvalue weighted by atomic mass is 10.0. The van der Waals surface area contributed by atoms with Crippen LogP contribution in [0.4, 0.5) is 0 Å². The van der Waals surface area contributed by atoms with Crippen LogP contribution in [0.2, 0.25) is 0 Å². The second-order valence-corrected chi connectivity index (χ2v) is 6.95. The van der Waals surface area contributed by atoms with Crippen LogP contribution in [-0.4, -0.2) is 19.7 Å². The molecule has 0 aliphatic heterocycles. The molecule has 2 aromatic carbocycles. The number of aromatic amines is 1. The highest BCUT2D eigenvalue weighted by atomic mass is 16.1. The van der Waals surface area contributed by atoms with Crippen molar-refractivity contribution in [3.05, 3.63) is 107 Å². The summed E-state index contributed by atoms with van der Waals surface area (Å²) in [6.07, 6.45) is 7.29. The summed E-state index contributed by atoms with van der Waals surface area (Å²) in [7, 11) is 0. The van der Waals surface area contributed by atoms with Crippen LogP contribution in [0.1, 0.15) is 5.56 Å². The van der Waals surface area contributed by atoms with E-state index in [1.165, 1.54) is 0 Å². The zero-order valence-corrected chi connectivity index (χ0v) is 15.6. The lowest BCUT2D eigenvalue weighted by molar-refractivity contribution is 0.762. The van der Waals surface area contributed by atoms with E-state index >= 15 is 0 Å². The second kappa shape index (κ2) is 7.20. The predicted molar refractivity (Wildman–Crippen MR) is 115 cm³/mol. The van der Waals surface area contributed by atoms with E-state index in [1.807, 2.05) is 48.7 Å². The molecule has 1 N–H and O–H groups in total. The normalized spacial score (nSPS) is 11.0. The van der Waals surface area contributed by atoms with Crippen molar-refractivity contribution in [3.63, 3.8) is 0 Å². The third-order valence-corrected chi connectivity index (χ3v) is 5.11. The summed E-state index contributed by atoms with van der Waals surface area (Å²) in [5.41, 5.74) is 6.25. The number of nitrogens with zero attached hydrogens (tertiary/aromatic N) is 3. The lowest BCUT2D eigenvalue weighted by Gasteiger charge is -2.13. The zero-order chi connectivity index (χ0) is 19.6.